The van der Waals surface area contributed by atoms with Crippen LogP contribution in [0.2, 0.25) is 0 Å². The number of ether oxygens (including phenoxy) is 2. The number of halogens is 11. The van der Waals surface area contributed by atoms with Crippen molar-refractivity contribution in [3.05, 3.63) is 238 Å². The highest BCUT2D eigenvalue weighted by atomic mass is 127. The molecule has 40 heteroatoms. The van der Waals surface area contributed by atoms with Crippen molar-refractivity contribution in [3.8, 4) is 34.5 Å². The molecule has 4 aromatic heterocycles. The molecule has 0 unspecified atom stereocenters. The van der Waals surface area contributed by atoms with E-state index >= 15 is 0 Å². The molecule has 2 saturated heterocycles. The number of ketones is 1. The van der Waals surface area contributed by atoms with Crippen molar-refractivity contribution in [1.82, 2.24) is 44.9 Å². The van der Waals surface area contributed by atoms with Crippen molar-refractivity contribution in [1.29, 1.82) is 0 Å². The second kappa shape index (κ2) is 42.7. The van der Waals surface area contributed by atoms with Crippen molar-refractivity contribution >= 4 is 141 Å². The van der Waals surface area contributed by atoms with Gasteiger partial charge in [-0.05, 0) is 204 Å². The van der Waals surface area contributed by atoms with Gasteiger partial charge in [-0.15, -0.1) is 25.6 Å². The molecule has 11 atom stereocenters. The first-order valence-electron chi connectivity index (χ1n) is 45.0. The van der Waals surface area contributed by atoms with E-state index in [-0.39, 0.29) is 133 Å². The van der Waals surface area contributed by atoms with Crippen molar-refractivity contribution in [2.45, 2.75) is 192 Å². The number of carbonyl (C=O) groups excluding carboxylic acids is 5. The highest BCUT2D eigenvalue weighted by Crippen LogP contribution is 2.57. The molecular weight excluding hydrogens is 2020 g/mol. The molecule has 27 nitrogen and oxygen atoms in total. The Bertz CT molecular complexity index is 6720. The van der Waals surface area contributed by atoms with Crippen LogP contribution in [0.4, 0.5) is 39.5 Å². The third-order valence-electron chi connectivity index (χ3n) is 25.4. The largest absolute Gasteiger partial charge is 0.481 e. The molecule has 4 saturated carbocycles. The number of carboxylic acids is 2. The molecule has 11 aromatic rings. The first kappa shape index (κ1) is 108. The molecule has 752 valence electrons. The lowest BCUT2D eigenvalue weighted by Gasteiger charge is -2.35. The first-order valence-corrected chi connectivity index (χ1v) is 49.2. The smallest absolute Gasteiger partial charge is 0.416 e. The van der Waals surface area contributed by atoms with E-state index in [1.54, 1.807) is 106 Å². The Labute approximate surface area is 827 Å². The topological polar surface area (TPSA) is 402 Å². The zero-order valence-corrected chi connectivity index (χ0v) is 82.7. The van der Waals surface area contributed by atoms with E-state index in [4.69, 9.17) is 34.3 Å². The van der Waals surface area contributed by atoms with Gasteiger partial charge in [0.25, 0.3) is 17.7 Å². The number of fused-ring (bicyclic) bond motifs is 6. The van der Waals surface area contributed by atoms with Gasteiger partial charge in [-0.1, -0.05) is 147 Å². The molecule has 2 aliphatic heterocycles. The minimum atomic E-state index is -4.56. The maximum absolute atomic E-state index is 14.9. The molecule has 6 aliphatic rings. The Hall–Kier alpha value is -11.9. The number of nitrogens with two attached hydrogens (primary N) is 1. The number of carboxylic acid groups (broad SMARTS) is 2. The summed E-state index contributed by atoms with van der Waals surface area (Å²) in [6.07, 6.45) is -4.82. The number of alkyl halides is 6. The zero-order chi connectivity index (χ0) is 102. The predicted octanol–water partition coefficient (Wildman–Crippen LogP) is 18.5. The number of amides is 4. The summed E-state index contributed by atoms with van der Waals surface area (Å²) in [6.45, 7) is 24.4. The van der Waals surface area contributed by atoms with Gasteiger partial charge in [0.1, 0.15) is 63.4 Å². The van der Waals surface area contributed by atoms with Crippen LogP contribution in [0, 0.1) is 66.4 Å². The van der Waals surface area contributed by atoms with Crippen molar-refractivity contribution < 1.29 is 118 Å². The van der Waals surface area contributed by atoms with Crippen LogP contribution in [-0.4, -0.2) is 153 Å². The minimum absolute atomic E-state index is 0. The number of likely N-dealkylation sites (tertiary alicyclic amines) is 1. The van der Waals surface area contributed by atoms with Crippen molar-refractivity contribution in [2.75, 3.05) is 13.1 Å². The summed E-state index contributed by atoms with van der Waals surface area (Å²) in [5, 5.41) is 23.3. The number of furan rings is 2. The number of benzene rings is 7. The normalized spacial score (nSPS) is 20.7. The van der Waals surface area contributed by atoms with Gasteiger partial charge in [0.15, 0.2) is 17.4 Å². The maximum atomic E-state index is 14.9. The number of nitrogens with one attached hydrogen (secondary N) is 4. The summed E-state index contributed by atoms with van der Waals surface area (Å²) in [4.78, 5) is 111. The van der Waals surface area contributed by atoms with Gasteiger partial charge >= 0.3 is 24.3 Å². The molecule has 0 radical (unpaired) electrons. The number of carbonyl (C=O) groups is 7. The summed E-state index contributed by atoms with van der Waals surface area (Å²) in [5.74, 6) is -7.48. The van der Waals surface area contributed by atoms with Gasteiger partial charge in [0, 0.05) is 63.1 Å². The molecule has 7 aromatic carbocycles. The van der Waals surface area contributed by atoms with Gasteiger partial charge in [0.2, 0.25) is 48.9 Å². The fraction of sp³-hybridized carbons (Fsp3) is 0.396. The van der Waals surface area contributed by atoms with Crippen LogP contribution in [0.25, 0.3) is 66.9 Å². The molecule has 17 rings (SSSR count). The van der Waals surface area contributed by atoms with Crippen LogP contribution < -0.4 is 35.3 Å². The molecule has 6 fully saturated rings. The van der Waals surface area contributed by atoms with E-state index in [0.717, 1.165) is 33.4 Å². The molecule has 141 heavy (non-hydrogen) atoms. The predicted molar refractivity (Wildman–Crippen MR) is 520 cm³/mol. The van der Waals surface area contributed by atoms with Crippen LogP contribution >= 0.6 is 35.0 Å². The number of para-hydroxylation sites is 2. The highest BCUT2D eigenvalue weighted by Gasteiger charge is 2.63. The lowest BCUT2D eigenvalue weighted by Crippen LogP contribution is -2.55. The van der Waals surface area contributed by atoms with E-state index < -0.39 is 166 Å². The van der Waals surface area contributed by atoms with E-state index in [1.165, 1.54) is 77.7 Å². The quantitative estimate of drug-likeness (QED) is 0.0150. The first-order chi connectivity index (χ1) is 65.6. The SMILES string of the molecule is C=C[C@@H]1C[C@]1(CC(=O)[C@@H]1C[C@@H](Oc2nc(-c3ccc(C(F)(F)F)cc3)nc3c2oc2ccccc23)CN1C(=O)[C@@H](Cc1ccc(F)cc1)C(C)(C)C)C(=O)NS(=O)(=O)C1CC1.C=C[C@@H]1C[C@]1(NC(=O)[C@@H]1C[C@@H](Oc2nc(-c3ccc(C(F)(F)F)cc3)nc3c2oc2ccccc23)CN1)C(=O)NS(=O)(=O)C1CC1.CC(C)(C)[C@H](Cc1ccc(F)cc1)C(=O)O.CC(C)(C)[C@H](N)C(=O)O.Cl.Fc1ccc(I)cc1. The van der Waals surface area contributed by atoms with E-state index in [2.05, 4.69) is 75.8 Å². The Kier molecular flexibility index (Phi) is 32.7. The van der Waals surface area contributed by atoms with Gasteiger partial charge < -0.3 is 49.8 Å². The zero-order valence-electron chi connectivity index (χ0n) is 78.1. The Morgan fingerprint density at radius 2 is 0.986 bits per heavy atom. The Balaban J connectivity index is 0.000000192. The summed E-state index contributed by atoms with van der Waals surface area (Å²) in [6, 6.07) is 38.5. The van der Waals surface area contributed by atoms with Gasteiger partial charge in [-0.2, -0.15) is 36.3 Å². The molecular formula is C101H107ClF9IN10O17S2. The lowest BCUT2D eigenvalue weighted by molar-refractivity contribution is -0.145. The number of hydrogen-bond donors (Lipinski definition) is 7. The molecule has 6 heterocycles. The number of rotatable bonds is 26. The Morgan fingerprint density at radius 3 is 1.37 bits per heavy atom. The molecule has 8 N–H and O–H groups in total. The second-order valence-electron chi connectivity index (χ2n) is 39.0. The van der Waals surface area contributed by atoms with Crippen molar-refractivity contribution in [3.63, 3.8) is 0 Å². The highest BCUT2D eigenvalue weighted by molar-refractivity contribution is 14.1. The van der Waals surface area contributed by atoms with Crippen molar-refractivity contribution in [2.24, 2.45) is 51.1 Å². The van der Waals surface area contributed by atoms with Crippen LogP contribution in [0.15, 0.2) is 204 Å². The summed E-state index contributed by atoms with van der Waals surface area (Å²) >= 11 is 2.13. The fourth-order valence-electron chi connectivity index (χ4n) is 16.5. The van der Waals surface area contributed by atoms with Gasteiger partial charge in [0.05, 0.1) is 51.6 Å². The third-order valence-corrected chi connectivity index (χ3v) is 29.8. The van der Waals surface area contributed by atoms with E-state index in [9.17, 15) is 89.9 Å². The minimum Gasteiger partial charge on any atom is -0.481 e. The summed E-state index contributed by atoms with van der Waals surface area (Å²) < 4.78 is 199. The average molecular weight is 2130 g/mol. The van der Waals surface area contributed by atoms with E-state index in [1.807, 2.05) is 41.5 Å². The van der Waals surface area contributed by atoms with Crippen LogP contribution in [-0.2, 0) is 78.8 Å². The molecule has 4 amide bonds. The van der Waals surface area contributed by atoms with Gasteiger partial charge in [-0.25, -0.2) is 40.0 Å². The number of aliphatic carboxylic acids is 2. The number of sulfonamides is 2. The standard InChI is InChI=1S/C45H44F4N4O7S.C31H28F3N5O6S.C13H17FO2.C6H4FI.C6H13NO2.ClH/c1-5-27-22-44(27,42(56)52-61(57,58)31-18-19-31)23-35(54)34-21-30(24-53(34)41(55)33(43(2,3)4)20-25-10-16-29(46)17-11-25)59-40-38-37(32-8-6-7-9-36(32)60-38)50-39(51-40)26-12-14-28(15-13-26)45(47,48)49;1-2-17-14-30(17,29(41)39-46(42,43)20-11-12-20)38-27(40)22-13-19(15-35-22)44-28-25-24(21-5-3-4-6-23(21)45-25)36-26(37-28)16-7-9-18(10-8-16)31(32,33)34;1-13(2,3)11(12(15)16)8-9-4-6-10(14)7-5-9;7-5-1-3-6(8)4-2-5;1-6(2,3)4(7)5(8)9;/h5-17,27,30-31,33-34H,1,18-24H2,2-4H3,(H,52,56);2-10,17,19-20,22,35H,1,11-15H2,(H,38,40)(H,39,41);4-7,11H,8H2,1-3H3,(H,15,16);1-4H;4H,7H2,1-3H3,(H,8,9);1H/t27-,30-,33-,34+,44-;17-,19-,22+,30-;11-;;4-;/m111.1./s1. The lowest BCUT2D eigenvalue weighted by atomic mass is 9.76. The number of Topliss-reactive ketones (excluding diaryl/α,β-unsaturated/α-hetero) is 1. The molecule has 4 aliphatic carbocycles. The molecule has 0 bridgehead atoms. The van der Waals surface area contributed by atoms with Gasteiger partial charge in [-0.3, -0.25) is 43.0 Å². The third kappa shape index (κ3) is 26.1. The number of hydrogen-bond acceptors (Lipinski definition) is 21. The second-order valence-corrected chi connectivity index (χ2v) is 44.2. The maximum Gasteiger partial charge on any atom is 0.416 e. The number of allylic oxidation sites excluding steroid dienone is 1. The summed E-state index contributed by atoms with van der Waals surface area (Å²) in [5.41, 5.74) is 3.79. The van der Waals surface area contributed by atoms with Crippen LogP contribution in [0.1, 0.15) is 142 Å². The fourth-order valence-corrected chi connectivity index (χ4v) is 19.6. The molecule has 0 spiro atoms. The number of nitrogens with zero attached hydrogens (tertiary/aromatic N) is 5. The van der Waals surface area contributed by atoms with Crippen LogP contribution in [0.3, 0.4) is 0 Å². The summed E-state index contributed by atoms with van der Waals surface area (Å²) in [7, 11) is -7.74. The monoisotopic (exact) mass is 2130 g/mol. The van der Waals surface area contributed by atoms with E-state index in [0.29, 0.717) is 76.2 Å². The number of aromatic nitrogens is 4. The van der Waals surface area contributed by atoms with Crippen LogP contribution in [0.5, 0.6) is 11.8 Å². The average Bonchev–Trinajstić information content (AvgIpc) is 1.58. The Morgan fingerprint density at radius 1 is 0.560 bits per heavy atom.